The summed E-state index contributed by atoms with van der Waals surface area (Å²) in [6.07, 6.45) is 4.61. The SMILES string of the molecule is CSCC(C)NC1CC(c2ccccc2Cl)C1. The van der Waals surface area contributed by atoms with E-state index in [2.05, 4.69) is 30.6 Å². The van der Waals surface area contributed by atoms with E-state index in [0.29, 0.717) is 18.0 Å². The van der Waals surface area contributed by atoms with E-state index in [-0.39, 0.29) is 0 Å². The number of nitrogens with one attached hydrogen (secondary N) is 1. The Bertz CT molecular complexity index is 363. The lowest BCUT2D eigenvalue weighted by molar-refractivity contribution is 0.276. The van der Waals surface area contributed by atoms with E-state index in [9.17, 15) is 0 Å². The first-order valence-electron chi connectivity index (χ1n) is 6.20. The summed E-state index contributed by atoms with van der Waals surface area (Å²) in [5.74, 6) is 1.84. The zero-order valence-corrected chi connectivity index (χ0v) is 12.0. The lowest BCUT2D eigenvalue weighted by Crippen LogP contribution is -2.45. The molecule has 0 heterocycles. The molecule has 1 N–H and O–H groups in total. The summed E-state index contributed by atoms with van der Waals surface area (Å²) >= 11 is 8.11. The molecule has 1 fully saturated rings. The predicted molar refractivity (Wildman–Crippen MR) is 78.2 cm³/mol. The van der Waals surface area contributed by atoms with Gasteiger partial charge < -0.3 is 5.32 Å². The second-order valence-corrected chi connectivity index (χ2v) is 6.23. The molecule has 0 amide bonds. The highest BCUT2D eigenvalue weighted by atomic mass is 35.5. The number of hydrogen-bond donors (Lipinski definition) is 1. The first kappa shape index (κ1) is 13.3. The Balaban J connectivity index is 1.81. The van der Waals surface area contributed by atoms with Gasteiger partial charge in [-0.2, -0.15) is 11.8 Å². The zero-order valence-electron chi connectivity index (χ0n) is 10.4. The van der Waals surface area contributed by atoms with E-state index in [1.54, 1.807) is 0 Å². The third-order valence-electron chi connectivity index (χ3n) is 3.42. The van der Waals surface area contributed by atoms with Crippen LogP contribution in [-0.2, 0) is 0 Å². The van der Waals surface area contributed by atoms with Crippen molar-refractivity contribution in [3.8, 4) is 0 Å². The number of rotatable bonds is 5. The number of benzene rings is 1. The molecule has 0 aromatic heterocycles. The lowest BCUT2D eigenvalue weighted by Gasteiger charge is -2.38. The predicted octanol–water partition coefficient (Wildman–Crippen LogP) is 3.93. The largest absolute Gasteiger partial charge is 0.311 e. The smallest absolute Gasteiger partial charge is 0.0440 e. The number of halogens is 1. The fourth-order valence-corrected chi connectivity index (χ4v) is 3.40. The van der Waals surface area contributed by atoms with Crippen molar-refractivity contribution < 1.29 is 0 Å². The van der Waals surface area contributed by atoms with Crippen molar-refractivity contribution in [2.24, 2.45) is 0 Å². The molecular weight excluding hydrogens is 250 g/mol. The van der Waals surface area contributed by atoms with Crippen LogP contribution >= 0.6 is 23.4 Å². The molecule has 1 unspecified atom stereocenters. The summed E-state index contributed by atoms with van der Waals surface area (Å²) in [4.78, 5) is 0. The second-order valence-electron chi connectivity index (χ2n) is 4.91. The molecule has 0 aliphatic heterocycles. The molecule has 17 heavy (non-hydrogen) atoms. The van der Waals surface area contributed by atoms with Crippen molar-refractivity contribution in [2.45, 2.75) is 37.8 Å². The summed E-state index contributed by atoms with van der Waals surface area (Å²) in [7, 11) is 0. The van der Waals surface area contributed by atoms with E-state index >= 15 is 0 Å². The van der Waals surface area contributed by atoms with Gasteiger partial charge in [0.1, 0.15) is 0 Å². The summed E-state index contributed by atoms with van der Waals surface area (Å²) in [6, 6.07) is 9.53. The van der Waals surface area contributed by atoms with Gasteiger partial charge in [-0.1, -0.05) is 29.8 Å². The first-order valence-corrected chi connectivity index (χ1v) is 7.97. The Morgan fingerprint density at radius 1 is 1.41 bits per heavy atom. The molecule has 1 aliphatic carbocycles. The van der Waals surface area contributed by atoms with Gasteiger partial charge in [-0.3, -0.25) is 0 Å². The quantitative estimate of drug-likeness (QED) is 0.869. The van der Waals surface area contributed by atoms with Crippen LogP contribution in [0.4, 0.5) is 0 Å². The number of thioether (sulfide) groups is 1. The van der Waals surface area contributed by atoms with Crippen molar-refractivity contribution in [3.63, 3.8) is 0 Å². The maximum atomic E-state index is 6.21. The van der Waals surface area contributed by atoms with Crippen LogP contribution in [0.1, 0.15) is 31.2 Å². The van der Waals surface area contributed by atoms with Crippen LogP contribution in [0, 0.1) is 0 Å². The molecule has 0 bridgehead atoms. The molecule has 0 saturated heterocycles. The van der Waals surface area contributed by atoms with Crippen molar-refractivity contribution in [1.29, 1.82) is 0 Å². The van der Waals surface area contributed by atoms with Gasteiger partial charge in [0.15, 0.2) is 0 Å². The van der Waals surface area contributed by atoms with E-state index in [1.165, 1.54) is 24.2 Å². The molecule has 1 aliphatic rings. The van der Waals surface area contributed by atoms with Crippen LogP contribution in [0.25, 0.3) is 0 Å². The Kier molecular flexibility index (Phi) is 4.78. The van der Waals surface area contributed by atoms with Crippen molar-refractivity contribution in [1.82, 2.24) is 5.32 Å². The summed E-state index contributed by atoms with van der Waals surface area (Å²) in [5, 5.41) is 4.60. The van der Waals surface area contributed by atoms with Crippen LogP contribution in [-0.4, -0.2) is 24.1 Å². The number of hydrogen-bond acceptors (Lipinski definition) is 2. The van der Waals surface area contributed by atoms with Gasteiger partial charge in [-0.15, -0.1) is 0 Å². The molecule has 3 heteroatoms. The monoisotopic (exact) mass is 269 g/mol. The Morgan fingerprint density at radius 3 is 2.76 bits per heavy atom. The van der Waals surface area contributed by atoms with Crippen molar-refractivity contribution in [3.05, 3.63) is 34.9 Å². The minimum atomic E-state index is 0.613. The molecule has 2 rings (SSSR count). The Hall–Kier alpha value is -0.180. The van der Waals surface area contributed by atoms with Gasteiger partial charge in [-0.05, 0) is 43.6 Å². The van der Waals surface area contributed by atoms with Gasteiger partial charge in [-0.25, -0.2) is 0 Å². The lowest BCUT2D eigenvalue weighted by atomic mass is 9.75. The molecule has 1 atom stereocenters. The van der Waals surface area contributed by atoms with Gasteiger partial charge in [0.2, 0.25) is 0 Å². The Labute approximate surface area is 113 Å². The average Bonchev–Trinajstić information content (AvgIpc) is 2.25. The molecule has 0 spiro atoms. The highest BCUT2D eigenvalue weighted by Crippen LogP contribution is 2.40. The molecule has 1 aromatic carbocycles. The summed E-state index contributed by atoms with van der Waals surface area (Å²) in [6.45, 7) is 2.26. The third-order valence-corrected chi connectivity index (χ3v) is 4.60. The fourth-order valence-electron chi connectivity index (χ4n) is 2.51. The fraction of sp³-hybridized carbons (Fsp3) is 0.571. The molecule has 1 nitrogen and oxygen atoms in total. The molecular formula is C14H20ClNS. The normalized spacial score (nSPS) is 25.4. The van der Waals surface area contributed by atoms with E-state index in [0.717, 1.165) is 5.02 Å². The van der Waals surface area contributed by atoms with E-state index < -0.39 is 0 Å². The second kappa shape index (κ2) is 6.12. The molecule has 1 aromatic rings. The van der Waals surface area contributed by atoms with Gasteiger partial charge >= 0.3 is 0 Å². The van der Waals surface area contributed by atoms with E-state index in [4.69, 9.17) is 11.6 Å². The molecule has 1 saturated carbocycles. The molecule has 0 radical (unpaired) electrons. The highest BCUT2D eigenvalue weighted by molar-refractivity contribution is 7.98. The van der Waals surface area contributed by atoms with Gasteiger partial charge in [0.05, 0.1) is 0 Å². The van der Waals surface area contributed by atoms with Crippen molar-refractivity contribution >= 4 is 23.4 Å². The maximum Gasteiger partial charge on any atom is 0.0440 e. The summed E-state index contributed by atoms with van der Waals surface area (Å²) in [5.41, 5.74) is 1.32. The standard InChI is InChI=1S/C14H20ClNS/c1-10(9-17-2)16-12-7-11(8-12)13-5-3-4-6-14(13)15/h3-6,10-12,16H,7-9H2,1-2H3. The maximum absolute atomic E-state index is 6.21. The zero-order chi connectivity index (χ0) is 12.3. The minimum Gasteiger partial charge on any atom is -0.311 e. The molecule has 94 valence electrons. The van der Waals surface area contributed by atoms with Gasteiger partial charge in [0, 0.05) is 22.9 Å². The third kappa shape index (κ3) is 3.40. The minimum absolute atomic E-state index is 0.613. The van der Waals surface area contributed by atoms with Crippen LogP contribution < -0.4 is 5.32 Å². The summed E-state index contributed by atoms with van der Waals surface area (Å²) < 4.78 is 0. The van der Waals surface area contributed by atoms with Gasteiger partial charge in [0.25, 0.3) is 0 Å². The first-order chi connectivity index (χ1) is 8.20. The topological polar surface area (TPSA) is 12.0 Å². The van der Waals surface area contributed by atoms with Crippen LogP contribution in [0.2, 0.25) is 5.02 Å². The average molecular weight is 270 g/mol. The Morgan fingerprint density at radius 2 is 2.12 bits per heavy atom. The van der Waals surface area contributed by atoms with Crippen molar-refractivity contribution in [2.75, 3.05) is 12.0 Å². The highest BCUT2D eigenvalue weighted by Gasteiger charge is 2.31. The van der Waals surface area contributed by atoms with E-state index in [1.807, 2.05) is 23.9 Å². The van der Waals surface area contributed by atoms with Crippen LogP contribution in [0.5, 0.6) is 0 Å². The van der Waals surface area contributed by atoms with Crippen LogP contribution in [0.15, 0.2) is 24.3 Å². The van der Waals surface area contributed by atoms with Crippen LogP contribution in [0.3, 0.4) is 0 Å².